The second-order valence-corrected chi connectivity index (χ2v) is 7.68. The normalized spacial score (nSPS) is 15.6. The fourth-order valence-corrected chi connectivity index (χ4v) is 4.20. The summed E-state index contributed by atoms with van der Waals surface area (Å²) >= 11 is 1.56. The predicted octanol–water partition coefficient (Wildman–Crippen LogP) is 2.61. The SMILES string of the molecule is Cc1noc(CN2CCN(c3nn4cc(-c5ccc(F)cc5)nc4s3)CC2)n1. The van der Waals surface area contributed by atoms with Gasteiger partial charge in [0.05, 0.1) is 18.4 Å². The molecule has 0 N–H and O–H groups in total. The average molecular weight is 399 g/mol. The Morgan fingerprint density at radius 1 is 1.11 bits per heavy atom. The number of aromatic nitrogens is 5. The molecule has 4 aromatic rings. The van der Waals surface area contributed by atoms with Crippen molar-refractivity contribution >= 4 is 21.4 Å². The van der Waals surface area contributed by atoms with E-state index >= 15 is 0 Å². The molecular weight excluding hydrogens is 381 g/mol. The quantitative estimate of drug-likeness (QED) is 0.522. The summed E-state index contributed by atoms with van der Waals surface area (Å²) in [4.78, 5) is 14.3. The molecule has 4 heterocycles. The first-order chi connectivity index (χ1) is 13.6. The van der Waals surface area contributed by atoms with Crippen molar-refractivity contribution in [3.63, 3.8) is 0 Å². The molecule has 8 nitrogen and oxygen atoms in total. The number of benzene rings is 1. The molecule has 5 rings (SSSR count). The van der Waals surface area contributed by atoms with E-state index in [2.05, 4.69) is 30.0 Å². The molecule has 1 aromatic carbocycles. The van der Waals surface area contributed by atoms with Gasteiger partial charge in [-0.2, -0.15) is 4.98 Å². The Morgan fingerprint density at radius 2 is 1.89 bits per heavy atom. The maximum atomic E-state index is 13.1. The fraction of sp³-hybridized carbons (Fsp3) is 0.333. The molecule has 0 atom stereocenters. The van der Waals surface area contributed by atoms with Crippen LogP contribution >= 0.6 is 11.3 Å². The van der Waals surface area contributed by atoms with Crippen molar-refractivity contribution in [2.75, 3.05) is 31.1 Å². The van der Waals surface area contributed by atoms with Crippen LogP contribution in [0.4, 0.5) is 9.52 Å². The largest absolute Gasteiger partial charge is 0.344 e. The van der Waals surface area contributed by atoms with E-state index in [0.717, 1.165) is 47.5 Å². The first kappa shape index (κ1) is 17.3. The van der Waals surface area contributed by atoms with Crippen LogP contribution in [0.15, 0.2) is 35.0 Å². The summed E-state index contributed by atoms with van der Waals surface area (Å²) in [5.74, 6) is 1.07. The van der Waals surface area contributed by atoms with Crippen LogP contribution in [0, 0.1) is 12.7 Å². The monoisotopic (exact) mass is 399 g/mol. The highest BCUT2D eigenvalue weighted by Crippen LogP contribution is 2.27. The number of piperazine rings is 1. The summed E-state index contributed by atoms with van der Waals surface area (Å²) < 4.78 is 20.1. The highest BCUT2D eigenvalue weighted by atomic mass is 32.1. The standard InChI is InChI=1S/C18H18FN7OS/c1-12-20-16(27-23-12)11-24-6-8-25(9-7-24)18-22-26-10-15(21-17(26)28-18)13-2-4-14(19)5-3-13/h2-5,10H,6-9,11H2,1H3. The number of halogens is 1. The lowest BCUT2D eigenvalue weighted by atomic mass is 10.2. The van der Waals surface area contributed by atoms with Crippen LogP contribution in [0.25, 0.3) is 16.2 Å². The van der Waals surface area contributed by atoms with Gasteiger partial charge in [0.2, 0.25) is 16.0 Å². The smallest absolute Gasteiger partial charge is 0.240 e. The molecule has 1 saturated heterocycles. The van der Waals surface area contributed by atoms with Crippen LogP contribution in [0.5, 0.6) is 0 Å². The van der Waals surface area contributed by atoms with Gasteiger partial charge in [-0.3, -0.25) is 4.90 Å². The molecule has 0 radical (unpaired) electrons. The molecular formula is C18H18FN7OS. The number of rotatable bonds is 4. The number of nitrogens with zero attached hydrogens (tertiary/aromatic N) is 7. The van der Waals surface area contributed by atoms with Gasteiger partial charge in [-0.25, -0.2) is 13.9 Å². The first-order valence-corrected chi connectivity index (χ1v) is 9.84. The van der Waals surface area contributed by atoms with Gasteiger partial charge in [-0.1, -0.05) is 16.5 Å². The molecule has 1 aliphatic heterocycles. The molecule has 3 aromatic heterocycles. The minimum absolute atomic E-state index is 0.251. The van der Waals surface area contributed by atoms with Crippen molar-refractivity contribution in [3.8, 4) is 11.3 Å². The van der Waals surface area contributed by atoms with Crippen LogP contribution in [0.3, 0.4) is 0 Å². The van der Waals surface area contributed by atoms with Crippen LogP contribution in [-0.4, -0.2) is 55.8 Å². The molecule has 0 unspecified atom stereocenters. The van der Waals surface area contributed by atoms with Gasteiger partial charge in [-0.05, 0) is 31.2 Å². The van der Waals surface area contributed by atoms with Gasteiger partial charge in [-0.15, -0.1) is 5.10 Å². The number of hydrogen-bond donors (Lipinski definition) is 0. The molecule has 10 heteroatoms. The number of aryl methyl sites for hydroxylation is 1. The summed E-state index contributed by atoms with van der Waals surface area (Å²) in [6.07, 6.45) is 1.89. The summed E-state index contributed by atoms with van der Waals surface area (Å²) in [6.45, 7) is 6.08. The maximum absolute atomic E-state index is 13.1. The number of imidazole rings is 1. The molecule has 144 valence electrons. The van der Waals surface area contributed by atoms with E-state index in [1.807, 2.05) is 13.1 Å². The minimum atomic E-state index is -0.251. The van der Waals surface area contributed by atoms with E-state index in [1.54, 1.807) is 28.0 Å². The highest BCUT2D eigenvalue weighted by molar-refractivity contribution is 7.20. The number of fused-ring (bicyclic) bond motifs is 1. The van der Waals surface area contributed by atoms with E-state index in [-0.39, 0.29) is 5.82 Å². The molecule has 0 spiro atoms. The Hall–Kier alpha value is -2.85. The summed E-state index contributed by atoms with van der Waals surface area (Å²) in [5.41, 5.74) is 1.68. The summed E-state index contributed by atoms with van der Waals surface area (Å²) in [5, 5.41) is 9.47. The van der Waals surface area contributed by atoms with Crippen molar-refractivity contribution in [2.45, 2.75) is 13.5 Å². The Morgan fingerprint density at radius 3 is 2.57 bits per heavy atom. The Kier molecular flexibility index (Phi) is 4.29. The van der Waals surface area contributed by atoms with E-state index in [4.69, 9.17) is 4.52 Å². The third-order valence-corrected chi connectivity index (χ3v) is 5.73. The molecule has 28 heavy (non-hydrogen) atoms. The van der Waals surface area contributed by atoms with E-state index in [9.17, 15) is 4.39 Å². The topological polar surface area (TPSA) is 75.6 Å². The zero-order chi connectivity index (χ0) is 19.1. The third-order valence-electron chi connectivity index (χ3n) is 4.74. The molecule has 0 aliphatic carbocycles. The van der Waals surface area contributed by atoms with Crippen molar-refractivity contribution in [1.29, 1.82) is 0 Å². The molecule has 1 fully saturated rings. The Bertz CT molecular complexity index is 1060. The van der Waals surface area contributed by atoms with E-state index in [1.165, 1.54) is 12.1 Å². The molecule has 0 saturated carbocycles. The Labute approximate surface area is 164 Å². The van der Waals surface area contributed by atoms with Gasteiger partial charge < -0.3 is 9.42 Å². The predicted molar refractivity (Wildman–Crippen MR) is 103 cm³/mol. The van der Waals surface area contributed by atoms with Gasteiger partial charge in [0, 0.05) is 31.7 Å². The second-order valence-electron chi connectivity index (χ2n) is 6.74. The summed E-state index contributed by atoms with van der Waals surface area (Å²) in [7, 11) is 0. The van der Waals surface area contributed by atoms with Crippen molar-refractivity contribution in [2.24, 2.45) is 0 Å². The van der Waals surface area contributed by atoms with Gasteiger partial charge in [0.1, 0.15) is 5.82 Å². The molecule has 0 amide bonds. The van der Waals surface area contributed by atoms with E-state index in [0.29, 0.717) is 18.3 Å². The van der Waals surface area contributed by atoms with Gasteiger partial charge >= 0.3 is 0 Å². The molecule has 1 aliphatic rings. The van der Waals surface area contributed by atoms with Crippen LogP contribution in [-0.2, 0) is 6.54 Å². The second kappa shape index (κ2) is 6.95. The average Bonchev–Trinajstić information content (AvgIpc) is 3.38. The summed E-state index contributed by atoms with van der Waals surface area (Å²) in [6, 6.07) is 6.34. The first-order valence-electron chi connectivity index (χ1n) is 9.03. The zero-order valence-corrected chi connectivity index (χ0v) is 16.1. The number of hydrogen-bond acceptors (Lipinski definition) is 8. The maximum Gasteiger partial charge on any atom is 0.240 e. The third kappa shape index (κ3) is 3.36. The van der Waals surface area contributed by atoms with Gasteiger partial charge in [0.15, 0.2) is 5.82 Å². The fourth-order valence-electron chi connectivity index (χ4n) is 3.27. The lowest BCUT2D eigenvalue weighted by molar-refractivity contribution is 0.215. The zero-order valence-electron chi connectivity index (χ0n) is 15.2. The van der Waals surface area contributed by atoms with Crippen LogP contribution in [0.1, 0.15) is 11.7 Å². The highest BCUT2D eigenvalue weighted by Gasteiger charge is 2.22. The molecule has 0 bridgehead atoms. The van der Waals surface area contributed by atoms with Gasteiger partial charge in [0.25, 0.3) is 0 Å². The lowest BCUT2D eigenvalue weighted by Gasteiger charge is -2.33. The van der Waals surface area contributed by atoms with Crippen molar-refractivity contribution in [1.82, 2.24) is 29.6 Å². The minimum Gasteiger partial charge on any atom is -0.344 e. The van der Waals surface area contributed by atoms with E-state index < -0.39 is 0 Å². The number of anilines is 1. The lowest BCUT2D eigenvalue weighted by Crippen LogP contribution is -2.46. The van der Waals surface area contributed by atoms with Crippen LogP contribution in [0.2, 0.25) is 0 Å². The van der Waals surface area contributed by atoms with Crippen molar-refractivity contribution in [3.05, 3.63) is 48.0 Å². The Balaban J connectivity index is 1.25. The van der Waals surface area contributed by atoms with Crippen molar-refractivity contribution < 1.29 is 8.91 Å². The van der Waals surface area contributed by atoms with Crippen LogP contribution < -0.4 is 4.90 Å².